The van der Waals surface area contributed by atoms with Gasteiger partial charge in [-0.25, -0.2) is 0 Å². The van der Waals surface area contributed by atoms with Gasteiger partial charge in [0.2, 0.25) is 11.8 Å². The van der Waals surface area contributed by atoms with Crippen molar-refractivity contribution in [2.75, 3.05) is 27.8 Å². The minimum absolute atomic E-state index is 0.00751. The van der Waals surface area contributed by atoms with Gasteiger partial charge in [-0.05, 0) is 84.1 Å². The number of carbonyl (C=O) groups excluding carboxylic acids is 5. The van der Waals surface area contributed by atoms with Gasteiger partial charge in [-0.1, -0.05) is 51.1 Å². The van der Waals surface area contributed by atoms with E-state index in [1.54, 1.807) is 40.0 Å². The number of ether oxygens (including phenoxy) is 3. The first-order valence-corrected chi connectivity index (χ1v) is 19.4. The molecule has 1 aliphatic heterocycles. The molecular formula is C42H67N3O8. The molecule has 0 unspecified atom stereocenters. The van der Waals surface area contributed by atoms with Crippen LogP contribution in [0.25, 0.3) is 0 Å². The highest BCUT2D eigenvalue weighted by Gasteiger charge is 2.46. The molecule has 2 amide bonds. The number of hydrogen-bond acceptors (Lipinski definition) is 9. The van der Waals surface area contributed by atoms with Crippen molar-refractivity contribution in [3.05, 3.63) is 35.9 Å². The maximum atomic E-state index is 14.2. The lowest BCUT2D eigenvalue weighted by molar-refractivity contribution is -0.161. The lowest BCUT2D eigenvalue weighted by Gasteiger charge is -2.38. The maximum absolute atomic E-state index is 14.2. The Bertz CT molecular complexity index is 1400. The summed E-state index contributed by atoms with van der Waals surface area (Å²) in [6, 6.07) is 8.92. The fraction of sp³-hybridized carbons (Fsp3) is 0.738. The molecule has 3 rings (SSSR count). The van der Waals surface area contributed by atoms with E-state index in [2.05, 4.69) is 0 Å². The highest BCUT2D eigenvalue weighted by atomic mass is 16.6. The molecule has 0 radical (unpaired) electrons. The summed E-state index contributed by atoms with van der Waals surface area (Å²) >= 11 is 0. The molecule has 53 heavy (non-hydrogen) atoms. The van der Waals surface area contributed by atoms with E-state index in [0.717, 1.165) is 24.8 Å². The van der Waals surface area contributed by atoms with E-state index in [1.807, 2.05) is 76.8 Å². The van der Waals surface area contributed by atoms with E-state index in [0.29, 0.717) is 19.4 Å². The number of esters is 1. The molecule has 1 aliphatic carbocycles. The molecule has 11 heteroatoms. The second-order valence-electron chi connectivity index (χ2n) is 17.3. The topological polar surface area (TPSA) is 146 Å². The van der Waals surface area contributed by atoms with Gasteiger partial charge >= 0.3 is 5.97 Å². The molecule has 1 aromatic rings. The standard InChI is InChI=1S/C42H67N3O8/c1-26(2)31(24-35(47)42(7,8)43)39(49)44(9)37(29-19-20-29)34(51-10)25-36(48)45-21-15-18-32(45)38(52-11)27(3)33(46)23-30(40(50)53-41(4,5)6)22-28-16-13-12-14-17-28/h12-14,16-17,26-27,29-32,34,37-38H,15,18-25,43H2,1-11H3/t27-,30+,31-,32-,34+,37-,38+/m0/s1. The van der Waals surface area contributed by atoms with Crippen LogP contribution in [0.5, 0.6) is 0 Å². The third kappa shape index (κ3) is 12.4. The molecule has 0 spiro atoms. The second kappa shape index (κ2) is 18.9. The maximum Gasteiger partial charge on any atom is 0.310 e. The van der Waals surface area contributed by atoms with Crippen molar-refractivity contribution in [2.24, 2.45) is 35.3 Å². The molecule has 11 nitrogen and oxygen atoms in total. The van der Waals surface area contributed by atoms with Crippen LogP contribution in [0, 0.1) is 29.6 Å². The lowest BCUT2D eigenvalue weighted by Crippen LogP contribution is -2.53. The van der Waals surface area contributed by atoms with Crippen LogP contribution >= 0.6 is 0 Å². The van der Waals surface area contributed by atoms with Crippen molar-refractivity contribution in [2.45, 2.75) is 142 Å². The predicted octanol–water partition coefficient (Wildman–Crippen LogP) is 5.40. The third-order valence-corrected chi connectivity index (χ3v) is 11.0. The predicted molar refractivity (Wildman–Crippen MR) is 205 cm³/mol. The minimum atomic E-state index is -1.04. The van der Waals surface area contributed by atoms with Gasteiger partial charge in [-0.3, -0.25) is 24.0 Å². The Morgan fingerprint density at radius 3 is 2.04 bits per heavy atom. The number of carbonyl (C=O) groups is 5. The number of rotatable bonds is 20. The van der Waals surface area contributed by atoms with Crippen LogP contribution in [0.4, 0.5) is 0 Å². The number of likely N-dealkylation sites (N-methyl/N-ethyl adjacent to an activating group) is 1. The second-order valence-corrected chi connectivity index (χ2v) is 17.3. The molecule has 2 aliphatic rings. The van der Waals surface area contributed by atoms with E-state index in [1.165, 1.54) is 0 Å². The van der Waals surface area contributed by atoms with Crippen LogP contribution in [-0.4, -0.2) is 102 Å². The Kier molecular flexibility index (Phi) is 15.8. The van der Waals surface area contributed by atoms with Crippen LogP contribution in [0.15, 0.2) is 30.3 Å². The fourth-order valence-corrected chi connectivity index (χ4v) is 7.69. The molecule has 1 saturated carbocycles. The first-order chi connectivity index (χ1) is 24.7. The van der Waals surface area contributed by atoms with Crippen LogP contribution in [0.1, 0.15) is 106 Å². The van der Waals surface area contributed by atoms with Crippen molar-refractivity contribution in [3.8, 4) is 0 Å². The van der Waals surface area contributed by atoms with Crippen molar-refractivity contribution in [1.29, 1.82) is 0 Å². The summed E-state index contributed by atoms with van der Waals surface area (Å²) in [5, 5.41) is 0. The van der Waals surface area contributed by atoms with Gasteiger partial charge in [0, 0.05) is 52.5 Å². The van der Waals surface area contributed by atoms with Crippen molar-refractivity contribution < 1.29 is 38.2 Å². The van der Waals surface area contributed by atoms with E-state index < -0.39 is 47.1 Å². The average Bonchev–Trinajstić information content (AvgIpc) is 3.80. The Morgan fingerprint density at radius 2 is 1.53 bits per heavy atom. The molecule has 2 fully saturated rings. The largest absolute Gasteiger partial charge is 0.460 e. The lowest BCUT2D eigenvalue weighted by atomic mass is 9.84. The normalized spacial score (nSPS) is 19.9. The monoisotopic (exact) mass is 741 g/mol. The minimum Gasteiger partial charge on any atom is -0.460 e. The van der Waals surface area contributed by atoms with Gasteiger partial charge in [-0.2, -0.15) is 0 Å². The van der Waals surface area contributed by atoms with E-state index in [9.17, 15) is 24.0 Å². The molecule has 298 valence electrons. The highest BCUT2D eigenvalue weighted by molar-refractivity contribution is 5.92. The van der Waals surface area contributed by atoms with E-state index in [4.69, 9.17) is 19.9 Å². The molecule has 7 atom stereocenters. The van der Waals surface area contributed by atoms with Crippen molar-refractivity contribution >= 4 is 29.4 Å². The molecule has 0 aromatic heterocycles. The molecular weight excluding hydrogens is 674 g/mol. The summed E-state index contributed by atoms with van der Waals surface area (Å²) in [5.74, 6) is -2.67. The van der Waals surface area contributed by atoms with E-state index >= 15 is 0 Å². The van der Waals surface area contributed by atoms with Crippen LogP contribution in [0.3, 0.4) is 0 Å². The summed E-state index contributed by atoms with van der Waals surface area (Å²) in [5.41, 5.74) is 5.29. The summed E-state index contributed by atoms with van der Waals surface area (Å²) in [6.45, 7) is 15.0. The number of nitrogens with two attached hydrogens (primary N) is 1. The SMILES string of the molecule is CO[C@H]([C@@H](C)C(=O)C[C@@H](Cc1ccccc1)C(=O)OC(C)(C)C)[C@@H]1CCCN1C(=O)C[C@@H](OC)[C@H](C1CC1)N(C)C(=O)[C@@H](CC(=O)C(C)(C)N)C(C)C. The summed E-state index contributed by atoms with van der Waals surface area (Å²) in [4.78, 5) is 71.8. The molecule has 1 saturated heterocycles. The Balaban J connectivity index is 1.76. The number of ketones is 2. The summed E-state index contributed by atoms with van der Waals surface area (Å²) in [7, 11) is 4.89. The summed E-state index contributed by atoms with van der Waals surface area (Å²) in [6.07, 6.45) is 2.60. The number of hydrogen-bond donors (Lipinski definition) is 1. The first kappa shape index (κ1) is 44.2. The average molecular weight is 742 g/mol. The van der Waals surface area contributed by atoms with Gasteiger partial charge in [-0.15, -0.1) is 0 Å². The van der Waals surface area contributed by atoms with Gasteiger partial charge in [0.15, 0.2) is 5.78 Å². The number of methoxy groups -OCH3 is 2. The van der Waals surface area contributed by atoms with E-state index in [-0.39, 0.29) is 66.6 Å². The highest BCUT2D eigenvalue weighted by Crippen LogP contribution is 2.40. The Hall–Kier alpha value is -3.15. The van der Waals surface area contributed by atoms with Crippen LogP contribution in [0.2, 0.25) is 0 Å². The fourth-order valence-electron chi connectivity index (χ4n) is 7.69. The smallest absolute Gasteiger partial charge is 0.310 e. The van der Waals surface area contributed by atoms with Crippen LogP contribution in [-0.2, 0) is 44.6 Å². The quantitative estimate of drug-likeness (QED) is 0.174. The van der Waals surface area contributed by atoms with Gasteiger partial charge in [0.05, 0.1) is 42.2 Å². The Morgan fingerprint density at radius 1 is 0.906 bits per heavy atom. The zero-order chi connectivity index (χ0) is 39.8. The molecule has 0 bridgehead atoms. The third-order valence-electron chi connectivity index (χ3n) is 11.0. The zero-order valence-corrected chi connectivity index (χ0v) is 34.2. The first-order valence-electron chi connectivity index (χ1n) is 19.4. The zero-order valence-electron chi connectivity index (χ0n) is 34.2. The number of amides is 2. The molecule has 1 aromatic carbocycles. The Labute approximate surface area is 318 Å². The summed E-state index contributed by atoms with van der Waals surface area (Å²) < 4.78 is 17.7. The molecule has 2 N–H and O–H groups in total. The van der Waals surface area contributed by atoms with Crippen molar-refractivity contribution in [3.63, 3.8) is 0 Å². The van der Waals surface area contributed by atoms with Crippen LogP contribution < -0.4 is 5.73 Å². The molecule has 1 heterocycles. The number of nitrogens with zero attached hydrogens (tertiary/aromatic N) is 2. The van der Waals surface area contributed by atoms with Gasteiger partial charge in [0.25, 0.3) is 0 Å². The van der Waals surface area contributed by atoms with Crippen molar-refractivity contribution in [1.82, 2.24) is 9.80 Å². The van der Waals surface area contributed by atoms with Gasteiger partial charge in [0.1, 0.15) is 11.4 Å². The number of Topliss-reactive ketones (excluding diaryl/α,β-unsaturated/α-hetero) is 2. The number of likely N-dealkylation sites (tertiary alicyclic amines) is 1. The van der Waals surface area contributed by atoms with Gasteiger partial charge < -0.3 is 29.7 Å². The number of benzene rings is 1.